The molecule has 1 heterocycles. The second kappa shape index (κ2) is 7.68. The largest absolute Gasteiger partial charge is 0.484 e. The fourth-order valence-corrected chi connectivity index (χ4v) is 2.22. The quantitative estimate of drug-likeness (QED) is 0.727. The van der Waals surface area contributed by atoms with Crippen molar-refractivity contribution in [2.24, 2.45) is 0 Å². The van der Waals surface area contributed by atoms with Gasteiger partial charge in [0.2, 0.25) is 0 Å². The van der Waals surface area contributed by atoms with Crippen molar-refractivity contribution in [1.82, 2.24) is 25.5 Å². The van der Waals surface area contributed by atoms with E-state index in [9.17, 15) is 13.6 Å². The Labute approximate surface area is 147 Å². The summed E-state index contributed by atoms with van der Waals surface area (Å²) < 4.78 is 33.1. The van der Waals surface area contributed by atoms with Gasteiger partial charge in [-0.3, -0.25) is 4.79 Å². The van der Waals surface area contributed by atoms with Crippen LogP contribution in [-0.4, -0.2) is 32.7 Å². The van der Waals surface area contributed by atoms with E-state index < -0.39 is 11.6 Å². The maximum Gasteiger partial charge on any atom is 0.258 e. The summed E-state index contributed by atoms with van der Waals surface area (Å²) in [4.78, 5) is 11.9. The number of rotatable bonds is 6. The molecule has 0 saturated heterocycles. The van der Waals surface area contributed by atoms with E-state index in [4.69, 9.17) is 4.74 Å². The van der Waals surface area contributed by atoms with Gasteiger partial charge in [-0.05, 0) is 41.1 Å². The lowest BCUT2D eigenvalue weighted by molar-refractivity contribution is -0.123. The van der Waals surface area contributed by atoms with E-state index >= 15 is 0 Å². The van der Waals surface area contributed by atoms with Crippen molar-refractivity contribution >= 4 is 5.91 Å². The summed E-state index contributed by atoms with van der Waals surface area (Å²) in [6.07, 6.45) is 0. The molecule has 0 radical (unpaired) electrons. The minimum Gasteiger partial charge on any atom is -0.484 e. The van der Waals surface area contributed by atoms with Crippen molar-refractivity contribution in [2.45, 2.75) is 13.5 Å². The first-order chi connectivity index (χ1) is 12.5. The van der Waals surface area contributed by atoms with Gasteiger partial charge in [0.05, 0.1) is 12.2 Å². The van der Waals surface area contributed by atoms with Crippen molar-refractivity contribution in [3.05, 3.63) is 65.5 Å². The molecule has 0 spiro atoms. The summed E-state index contributed by atoms with van der Waals surface area (Å²) in [5.74, 6) is -1.47. The van der Waals surface area contributed by atoms with Crippen molar-refractivity contribution in [3.8, 4) is 11.4 Å². The molecule has 1 amide bonds. The number of hydrogen-bond donors (Lipinski definition) is 1. The molecule has 9 heteroatoms. The Morgan fingerprint density at radius 3 is 2.77 bits per heavy atom. The van der Waals surface area contributed by atoms with E-state index in [-0.39, 0.29) is 30.6 Å². The number of carbonyl (C=O) groups excluding carboxylic acids is 1. The van der Waals surface area contributed by atoms with E-state index in [0.717, 1.165) is 17.7 Å². The number of para-hydroxylation sites is 1. The van der Waals surface area contributed by atoms with Crippen molar-refractivity contribution < 1.29 is 18.3 Å². The van der Waals surface area contributed by atoms with Crippen LogP contribution in [0, 0.1) is 18.6 Å². The maximum atomic E-state index is 13.4. The summed E-state index contributed by atoms with van der Waals surface area (Å²) in [6, 6.07) is 10.6. The van der Waals surface area contributed by atoms with E-state index in [2.05, 4.69) is 20.8 Å². The van der Waals surface area contributed by atoms with Crippen molar-refractivity contribution in [3.63, 3.8) is 0 Å². The molecule has 0 aliphatic carbocycles. The summed E-state index contributed by atoms with van der Waals surface area (Å²) in [6.45, 7) is 1.71. The van der Waals surface area contributed by atoms with Gasteiger partial charge in [0.15, 0.2) is 24.1 Å². The van der Waals surface area contributed by atoms with Crippen molar-refractivity contribution in [2.75, 3.05) is 6.61 Å². The van der Waals surface area contributed by atoms with Gasteiger partial charge in [-0.1, -0.05) is 18.2 Å². The lowest BCUT2D eigenvalue weighted by Gasteiger charge is -2.09. The highest BCUT2D eigenvalue weighted by Crippen LogP contribution is 2.16. The first-order valence-electron chi connectivity index (χ1n) is 7.72. The van der Waals surface area contributed by atoms with Crippen LogP contribution in [-0.2, 0) is 11.3 Å². The molecule has 1 aromatic heterocycles. The number of nitrogens with one attached hydrogen (secondary N) is 1. The molecule has 134 valence electrons. The predicted octanol–water partition coefficient (Wildman–Crippen LogP) is 1.94. The molecule has 0 saturated carbocycles. The maximum absolute atomic E-state index is 13.4. The molecule has 0 atom stereocenters. The molecule has 0 fully saturated rings. The summed E-state index contributed by atoms with van der Waals surface area (Å²) >= 11 is 0. The zero-order valence-electron chi connectivity index (χ0n) is 13.8. The SMILES string of the molecule is Cc1ccccc1OCC(=O)NCc1nnnn1-c1ccc(F)c(F)c1. The van der Waals surface area contributed by atoms with Gasteiger partial charge in [0, 0.05) is 6.07 Å². The minimum absolute atomic E-state index is 0.00195. The van der Waals surface area contributed by atoms with Crippen molar-refractivity contribution in [1.29, 1.82) is 0 Å². The number of tetrazole rings is 1. The first kappa shape index (κ1) is 17.5. The van der Waals surface area contributed by atoms with E-state index in [1.54, 1.807) is 6.07 Å². The van der Waals surface area contributed by atoms with Crippen LogP contribution in [0.25, 0.3) is 5.69 Å². The van der Waals surface area contributed by atoms with E-state index in [1.165, 1.54) is 10.7 Å². The molecule has 3 rings (SSSR count). The molecule has 0 aliphatic heterocycles. The number of ether oxygens (including phenoxy) is 1. The topological polar surface area (TPSA) is 81.9 Å². The summed E-state index contributed by atoms with van der Waals surface area (Å²) in [5.41, 5.74) is 1.16. The van der Waals surface area contributed by atoms with Gasteiger partial charge in [0.25, 0.3) is 5.91 Å². The van der Waals surface area contributed by atoms with E-state index in [0.29, 0.717) is 5.75 Å². The van der Waals surface area contributed by atoms with Gasteiger partial charge < -0.3 is 10.1 Å². The zero-order valence-corrected chi connectivity index (χ0v) is 13.8. The van der Waals surface area contributed by atoms with Crippen LogP contribution in [0.15, 0.2) is 42.5 Å². The highest BCUT2D eigenvalue weighted by Gasteiger charge is 2.12. The Morgan fingerprint density at radius 1 is 1.19 bits per heavy atom. The lowest BCUT2D eigenvalue weighted by atomic mass is 10.2. The van der Waals surface area contributed by atoms with Crippen LogP contribution in [0.5, 0.6) is 5.75 Å². The second-order valence-electron chi connectivity index (χ2n) is 5.44. The fraction of sp³-hybridized carbons (Fsp3) is 0.176. The highest BCUT2D eigenvalue weighted by atomic mass is 19.2. The van der Waals surface area contributed by atoms with Gasteiger partial charge in [-0.2, -0.15) is 4.68 Å². The number of aromatic nitrogens is 4. The number of benzene rings is 2. The third kappa shape index (κ3) is 4.00. The Bertz CT molecular complexity index is 929. The average Bonchev–Trinajstić information content (AvgIpc) is 3.10. The van der Waals surface area contributed by atoms with Crippen LogP contribution >= 0.6 is 0 Å². The smallest absolute Gasteiger partial charge is 0.258 e. The molecule has 3 aromatic rings. The van der Waals surface area contributed by atoms with Gasteiger partial charge in [0.1, 0.15) is 5.75 Å². The Kier molecular flexibility index (Phi) is 5.16. The molecule has 0 bridgehead atoms. The second-order valence-corrected chi connectivity index (χ2v) is 5.44. The molecule has 1 N–H and O–H groups in total. The van der Waals surface area contributed by atoms with E-state index in [1.807, 2.05) is 25.1 Å². The predicted molar refractivity (Wildman–Crippen MR) is 87.6 cm³/mol. The first-order valence-corrected chi connectivity index (χ1v) is 7.72. The molecule has 0 unspecified atom stereocenters. The van der Waals surface area contributed by atoms with Gasteiger partial charge >= 0.3 is 0 Å². The average molecular weight is 359 g/mol. The van der Waals surface area contributed by atoms with Crippen LogP contribution in [0.4, 0.5) is 8.78 Å². The third-order valence-corrected chi connectivity index (χ3v) is 3.58. The Balaban J connectivity index is 1.60. The number of aryl methyl sites for hydroxylation is 1. The minimum atomic E-state index is -1.01. The Hall–Kier alpha value is -3.36. The highest BCUT2D eigenvalue weighted by molar-refractivity contribution is 5.77. The van der Waals surface area contributed by atoms with Crippen LogP contribution < -0.4 is 10.1 Å². The number of nitrogens with zero attached hydrogens (tertiary/aromatic N) is 4. The van der Waals surface area contributed by atoms with Crippen LogP contribution in [0.3, 0.4) is 0 Å². The number of amides is 1. The molecule has 2 aromatic carbocycles. The van der Waals surface area contributed by atoms with Crippen LogP contribution in [0.2, 0.25) is 0 Å². The number of hydrogen-bond acceptors (Lipinski definition) is 5. The van der Waals surface area contributed by atoms with Gasteiger partial charge in [-0.15, -0.1) is 5.10 Å². The fourth-order valence-electron chi connectivity index (χ4n) is 2.22. The van der Waals surface area contributed by atoms with Gasteiger partial charge in [-0.25, -0.2) is 8.78 Å². The lowest BCUT2D eigenvalue weighted by Crippen LogP contribution is -2.29. The molecule has 0 aliphatic rings. The summed E-state index contributed by atoms with van der Waals surface area (Å²) in [7, 11) is 0. The standard InChI is InChI=1S/C17H15F2N5O2/c1-11-4-2-3-5-15(11)26-10-17(25)20-9-16-21-22-23-24(16)12-6-7-13(18)14(19)8-12/h2-8H,9-10H2,1H3,(H,20,25). The number of halogens is 2. The normalized spacial score (nSPS) is 10.6. The third-order valence-electron chi connectivity index (χ3n) is 3.58. The van der Waals surface area contributed by atoms with Crippen LogP contribution in [0.1, 0.15) is 11.4 Å². The Morgan fingerprint density at radius 2 is 2.00 bits per heavy atom. The summed E-state index contributed by atoms with van der Waals surface area (Å²) in [5, 5.41) is 13.6. The molecule has 26 heavy (non-hydrogen) atoms. The molecular formula is C17H15F2N5O2. The molecular weight excluding hydrogens is 344 g/mol. The monoisotopic (exact) mass is 359 g/mol. The molecule has 7 nitrogen and oxygen atoms in total. The zero-order chi connectivity index (χ0) is 18.5. The number of carbonyl (C=O) groups is 1.